The van der Waals surface area contributed by atoms with Crippen molar-refractivity contribution in [1.82, 2.24) is 15.3 Å². The highest BCUT2D eigenvalue weighted by Gasteiger charge is 2.42. The van der Waals surface area contributed by atoms with E-state index in [-0.39, 0.29) is 29.4 Å². The fraction of sp³-hybridized carbons (Fsp3) is 0.325. The van der Waals surface area contributed by atoms with Crippen molar-refractivity contribution in [3.63, 3.8) is 0 Å². The third-order valence-electron chi connectivity index (χ3n) is 8.42. The van der Waals surface area contributed by atoms with Gasteiger partial charge in [0, 0.05) is 47.3 Å². The molecule has 2 aromatic heterocycles. The van der Waals surface area contributed by atoms with E-state index >= 15 is 4.39 Å². The molecular formula is C40H46FN5O4. The lowest BCUT2D eigenvalue weighted by atomic mass is 9.88. The summed E-state index contributed by atoms with van der Waals surface area (Å²) in [6.07, 6.45) is 12.5. The molecule has 4 aromatic rings. The van der Waals surface area contributed by atoms with Crippen molar-refractivity contribution in [1.29, 1.82) is 0 Å². The molecule has 2 heterocycles. The monoisotopic (exact) mass is 679 g/mol. The molecule has 10 heteroatoms. The molecule has 0 aliphatic heterocycles. The summed E-state index contributed by atoms with van der Waals surface area (Å²) in [6, 6.07) is 18.4. The fourth-order valence-electron chi connectivity index (χ4n) is 5.61. The first-order valence-corrected chi connectivity index (χ1v) is 16.9. The molecule has 2 amide bonds. The first-order chi connectivity index (χ1) is 24.0. The zero-order chi connectivity index (χ0) is 36.1. The van der Waals surface area contributed by atoms with Crippen LogP contribution in [-0.2, 0) is 19.1 Å². The number of fused-ring (bicyclic) bond motifs is 2. The minimum atomic E-state index is -2.52. The molecule has 0 bridgehead atoms. The average molecular weight is 680 g/mol. The van der Waals surface area contributed by atoms with E-state index in [1.807, 2.05) is 48.5 Å². The van der Waals surface area contributed by atoms with Gasteiger partial charge in [0.15, 0.2) is 0 Å². The van der Waals surface area contributed by atoms with Gasteiger partial charge in [0.25, 0.3) is 5.91 Å². The Kier molecular flexibility index (Phi) is 13.0. The molecule has 2 aromatic carbocycles. The minimum absolute atomic E-state index is 0.0304. The minimum Gasteiger partial charge on any atom is -0.469 e. The zero-order valence-electron chi connectivity index (χ0n) is 29.4. The van der Waals surface area contributed by atoms with Crippen molar-refractivity contribution in [2.75, 3.05) is 30.8 Å². The molecule has 1 unspecified atom stereocenters. The van der Waals surface area contributed by atoms with Crippen molar-refractivity contribution in [2.45, 2.75) is 59.0 Å². The number of esters is 1. The second-order valence-electron chi connectivity index (χ2n) is 12.8. The molecule has 0 radical (unpaired) electrons. The van der Waals surface area contributed by atoms with Gasteiger partial charge in [-0.05, 0) is 42.5 Å². The van der Waals surface area contributed by atoms with Gasteiger partial charge in [-0.25, -0.2) is 4.39 Å². The molecule has 5 rings (SSSR count). The number of halogens is 1. The zero-order valence-corrected chi connectivity index (χ0v) is 29.4. The normalized spacial score (nSPS) is 13.9. The van der Waals surface area contributed by atoms with Crippen LogP contribution in [0.3, 0.4) is 0 Å². The number of hydrogen-bond donors (Lipinski definition) is 3. The number of nitrogens with one attached hydrogen (secondary N) is 3. The molecule has 0 fully saturated rings. The van der Waals surface area contributed by atoms with E-state index in [1.165, 1.54) is 13.2 Å². The highest BCUT2D eigenvalue weighted by molar-refractivity contribution is 6.06. The van der Waals surface area contributed by atoms with E-state index in [9.17, 15) is 14.4 Å². The topological polar surface area (TPSA) is 122 Å². The Labute approximate surface area is 293 Å². The number of amides is 2. The molecule has 1 atom stereocenters. The molecule has 262 valence electrons. The summed E-state index contributed by atoms with van der Waals surface area (Å²) in [5, 5.41) is 10.7. The lowest BCUT2D eigenvalue weighted by molar-refractivity contribution is -0.140. The fourth-order valence-corrected chi connectivity index (χ4v) is 5.61. The highest BCUT2D eigenvalue weighted by atomic mass is 19.1. The van der Waals surface area contributed by atoms with Crippen LogP contribution < -0.4 is 16.0 Å². The largest absolute Gasteiger partial charge is 0.469 e. The van der Waals surface area contributed by atoms with Crippen molar-refractivity contribution in [3.05, 3.63) is 109 Å². The SMILES string of the molecule is CCC(=O)OC.CCCC(C)(C)CNC(=O)C1=CC=C(C(F)(CNc2cccc3cccnc23)C(=O)Nc2cccc3cccnc23)C=CC1. The van der Waals surface area contributed by atoms with Gasteiger partial charge < -0.3 is 20.7 Å². The number of benzene rings is 2. The Hall–Kier alpha value is -5.38. The number of rotatable bonds is 12. The van der Waals surface area contributed by atoms with E-state index in [2.05, 4.69) is 51.4 Å². The number of para-hydroxylation sites is 2. The Morgan fingerprint density at radius 3 is 2.08 bits per heavy atom. The molecule has 3 N–H and O–H groups in total. The van der Waals surface area contributed by atoms with Crippen LogP contribution in [0.1, 0.15) is 53.4 Å². The number of nitrogens with zero attached hydrogens (tertiary/aromatic N) is 2. The lowest BCUT2D eigenvalue weighted by Gasteiger charge is -2.27. The number of carbonyl (C=O) groups is 3. The number of pyridine rings is 2. The van der Waals surface area contributed by atoms with Crippen LogP contribution in [0, 0.1) is 5.41 Å². The Bertz CT molecular complexity index is 1900. The van der Waals surface area contributed by atoms with Crippen LogP contribution in [0.4, 0.5) is 15.8 Å². The summed E-state index contributed by atoms with van der Waals surface area (Å²) >= 11 is 0. The molecule has 0 saturated carbocycles. The van der Waals surface area contributed by atoms with Crippen molar-refractivity contribution in [2.24, 2.45) is 5.41 Å². The Balaban J connectivity index is 0.000000860. The van der Waals surface area contributed by atoms with Gasteiger partial charge in [-0.1, -0.05) is 94.8 Å². The van der Waals surface area contributed by atoms with Gasteiger partial charge in [0.05, 0.1) is 36.1 Å². The van der Waals surface area contributed by atoms with E-state index in [0.717, 1.165) is 23.6 Å². The third-order valence-corrected chi connectivity index (χ3v) is 8.42. The number of allylic oxidation sites excluding steroid dienone is 4. The predicted molar refractivity (Wildman–Crippen MR) is 198 cm³/mol. The summed E-state index contributed by atoms with van der Waals surface area (Å²) in [5.74, 6) is -1.21. The van der Waals surface area contributed by atoms with E-state index in [4.69, 9.17) is 0 Å². The molecule has 1 aliphatic carbocycles. The van der Waals surface area contributed by atoms with Crippen molar-refractivity contribution >= 4 is 51.0 Å². The molecule has 50 heavy (non-hydrogen) atoms. The summed E-state index contributed by atoms with van der Waals surface area (Å²) in [4.78, 5) is 45.8. The number of carbonyl (C=O) groups excluding carboxylic acids is 3. The molecular weight excluding hydrogens is 633 g/mol. The summed E-state index contributed by atoms with van der Waals surface area (Å²) in [5.41, 5.74) is 0.318. The molecule has 9 nitrogen and oxygen atoms in total. The summed E-state index contributed by atoms with van der Waals surface area (Å²) < 4.78 is 21.6. The van der Waals surface area contributed by atoms with Crippen LogP contribution in [-0.4, -0.2) is 53.6 Å². The second kappa shape index (κ2) is 17.3. The van der Waals surface area contributed by atoms with Crippen LogP contribution in [0.2, 0.25) is 0 Å². The van der Waals surface area contributed by atoms with Gasteiger partial charge in [0.1, 0.15) is 0 Å². The maximum Gasteiger partial charge on any atom is 0.305 e. The van der Waals surface area contributed by atoms with Gasteiger partial charge in [-0.3, -0.25) is 24.4 Å². The molecule has 1 aliphatic rings. The molecule has 0 saturated heterocycles. The van der Waals surface area contributed by atoms with Crippen LogP contribution in [0.15, 0.2) is 109 Å². The van der Waals surface area contributed by atoms with Gasteiger partial charge >= 0.3 is 5.97 Å². The summed E-state index contributed by atoms with van der Waals surface area (Å²) in [6.45, 7) is 8.28. The Morgan fingerprint density at radius 2 is 1.48 bits per heavy atom. The van der Waals surface area contributed by atoms with Crippen molar-refractivity contribution in [3.8, 4) is 0 Å². The molecule has 0 spiro atoms. The van der Waals surface area contributed by atoms with Gasteiger partial charge in [-0.2, -0.15) is 0 Å². The number of aromatic nitrogens is 2. The first kappa shape index (κ1) is 37.4. The third kappa shape index (κ3) is 9.62. The van der Waals surface area contributed by atoms with Crippen LogP contribution >= 0.6 is 0 Å². The van der Waals surface area contributed by atoms with E-state index in [1.54, 1.807) is 49.7 Å². The maximum absolute atomic E-state index is 17.4. The lowest BCUT2D eigenvalue weighted by Crippen LogP contribution is -2.46. The predicted octanol–water partition coefficient (Wildman–Crippen LogP) is 7.87. The quantitative estimate of drug-likeness (QED) is 0.130. The number of methoxy groups -OCH3 is 1. The average Bonchev–Trinajstić information content (AvgIpc) is 3.40. The number of anilines is 2. The number of hydrogen-bond acceptors (Lipinski definition) is 7. The first-order valence-electron chi connectivity index (χ1n) is 16.9. The van der Waals surface area contributed by atoms with Gasteiger partial charge in [-0.15, -0.1) is 0 Å². The smallest absolute Gasteiger partial charge is 0.305 e. The highest BCUT2D eigenvalue weighted by Crippen LogP contribution is 2.31. The van der Waals surface area contributed by atoms with E-state index < -0.39 is 11.6 Å². The van der Waals surface area contributed by atoms with Crippen molar-refractivity contribution < 1.29 is 23.5 Å². The number of ether oxygens (including phenoxy) is 1. The van der Waals surface area contributed by atoms with Crippen LogP contribution in [0.25, 0.3) is 21.8 Å². The second-order valence-corrected chi connectivity index (χ2v) is 12.8. The van der Waals surface area contributed by atoms with E-state index in [0.29, 0.717) is 47.4 Å². The van der Waals surface area contributed by atoms with Gasteiger partial charge in [0.2, 0.25) is 11.6 Å². The standard InChI is InChI=1S/C36H38FN5O2.C4H8O2/c1-4-20-35(2,3)23-41-33(43)27-12-5-15-28(19-18-27)36(37,24-40-29-16-6-10-25-13-8-21-38-31(25)29)34(44)42-30-17-7-11-26-14-9-22-39-32(26)30;1-3-4(5)6-2/h5-11,13-19,21-22,40H,4,12,20,23-24H2,1-3H3,(H,41,43)(H,42,44);3H2,1-2H3. The maximum atomic E-state index is 17.4. The summed E-state index contributed by atoms with van der Waals surface area (Å²) in [7, 11) is 1.38. The number of alkyl halides is 1. The Morgan fingerprint density at radius 1 is 0.860 bits per heavy atom. The van der Waals surface area contributed by atoms with Crippen LogP contribution in [0.5, 0.6) is 0 Å².